The normalized spacial score (nSPS) is 21.3. The smallest absolute Gasteiger partial charge is 0.398 e. The Morgan fingerprint density at radius 3 is 2.00 bits per heavy atom. The average molecular weight is 275 g/mol. The molecule has 0 aliphatic carbocycles. The summed E-state index contributed by atoms with van der Waals surface area (Å²) in [6.45, 7) is 16.9. The molecule has 0 saturated carbocycles. The van der Waals surface area contributed by atoms with Crippen LogP contribution in [-0.2, 0) is 14.7 Å². The molecular formula is C16H26BNO2. The van der Waals surface area contributed by atoms with Crippen molar-refractivity contribution in [3.05, 3.63) is 23.4 Å². The molecule has 0 amide bonds. The van der Waals surface area contributed by atoms with Crippen molar-refractivity contribution in [3.8, 4) is 0 Å². The van der Waals surface area contributed by atoms with Gasteiger partial charge in [-0.1, -0.05) is 26.8 Å². The number of aromatic nitrogens is 1. The van der Waals surface area contributed by atoms with Crippen molar-refractivity contribution in [2.75, 3.05) is 0 Å². The standard InChI is InChI=1S/C16H26BNO2/c1-11-9-12(14(2,3)4)13(18-10-11)17-19-15(5,6)16(7,8)20-17/h9-10H,1-8H3. The van der Waals surface area contributed by atoms with Crippen LogP contribution in [0.3, 0.4) is 0 Å². The first kappa shape index (κ1) is 15.5. The summed E-state index contributed by atoms with van der Waals surface area (Å²) in [6.07, 6.45) is 1.88. The van der Waals surface area contributed by atoms with Crippen LogP contribution in [0.2, 0.25) is 0 Å². The van der Waals surface area contributed by atoms with Gasteiger partial charge in [0.05, 0.1) is 16.8 Å². The highest BCUT2D eigenvalue weighted by Gasteiger charge is 2.53. The Labute approximate surface area is 123 Å². The summed E-state index contributed by atoms with van der Waals surface area (Å²) in [5, 5.41) is 0. The molecule has 0 spiro atoms. The van der Waals surface area contributed by atoms with Gasteiger partial charge in [-0.2, -0.15) is 0 Å². The lowest BCUT2D eigenvalue weighted by molar-refractivity contribution is 0.00578. The highest BCUT2D eigenvalue weighted by Crippen LogP contribution is 2.37. The second-order valence-electron chi connectivity index (χ2n) is 7.78. The van der Waals surface area contributed by atoms with Crippen LogP contribution in [0.5, 0.6) is 0 Å². The lowest BCUT2D eigenvalue weighted by Gasteiger charge is -2.32. The van der Waals surface area contributed by atoms with Crippen LogP contribution >= 0.6 is 0 Å². The molecule has 0 unspecified atom stereocenters. The van der Waals surface area contributed by atoms with E-state index in [-0.39, 0.29) is 16.6 Å². The largest absolute Gasteiger partial charge is 0.514 e. The van der Waals surface area contributed by atoms with Crippen molar-refractivity contribution in [2.24, 2.45) is 0 Å². The van der Waals surface area contributed by atoms with E-state index in [9.17, 15) is 0 Å². The Morgan fingerprint density at radius 2 is 1.55 bits per heavy atom. The van der Waals surface area contributed by atoms with Crippen LogP contribution in [-0.4, -0.2) is 23.3 Å². The molecule has 2 rings (SSSR count). The molecule has 0 aromatic carbocycles. The summed E-state index contributed by atoms with van der Waals surface area (Å²) < 4.78 is 12.3. The zero-order valence-electron chi connectivity index (χ0n) is 14.0. The summed E-state index contributed by atoms with van der Waals surface area (Å²) in [4.78, 5) is 4.61. The molecule has 3 nitrogen and oxygen atoms in total. The van der Waals surface area contributed by atoms with E-state index >= 15 is 0 Å². The molecule has 2 heterocycles. The minimum atomic E-state index is -0.394. The van der Waals surface area contributed by atoms with Crippen LogP contribution in [0.4, 0.5) is 0 Å². The van der Waals surface area contributed by atoms with E-state index in [0.29, 0.717) is 0 Å². The van der Waals surface area contributed by atoms with Gasteiger partial charge in [-0.15, -0.1) is 0 Å². The van der Waals surface area contributed by atoms with Crippen LogP contribution in [0.25, 0.3) is 0 Å². The first-order valence-electron chi connectivity index (χ1n) is 7.27. The lowest BCUT2D eigenvalue weighted by Crippen LogP contribution is -2.42. The predicted molar refractivity (Wildman–Crippen MR) is 83.4 cm³/mol. The predicted octanol–water partition coefficient (Wildman–Crippen LogP) is 2.99. The van der Waals surface area contributed by atoms with Crippen LogP contribution in [0.1, 0.15) is 59.6 Å². The first-order valence-corrected chi connectivity index (χ1v) is 7.27. The molecule has 1 aliphatic rings. The van der Waals surface area contributed by atoms with E-state index in [1.165, 1.54) is 5.56 Å². The third kappa shape index (κ3) is 2.64. The lowest BCUT2D eigenvalue weighted by atomic mass is 9.73. The van der Waals surface area contributed by atoms with Crippen molar-refractivity contribution < 1.29 is 9.31 Å². The van der Waals surface area contributed by atoms with E-state index < -0.39 is 7.12 Å². The zero-order chi connectivity index (χ0) is 15.3. The van der Waals surface area contributed by atoms with Gasteiger partial charge in [0.25, 0.3) is 0 Å². The zero-order valence-corrected chi connectivity index (χ0v) is 14.0. The fourth-order valence-electron chi connectivity index (χ4n) is 2.32. The molecule has 1 aromatic heterocycles. The fraction of sp³-hybridized carbons (Fsp3) is 0.688. The third-order valence-electron chi connectivity index (χ3n) is 4.34. The van der Waals surface area contributed by atoms with Gasteiger partial charge in [0.2, 0.25) is 0 Å². The van der Waals surface area contributed by atoms with E-state index in [1.54, 1.807) is 0 Å². The molecule has 1 aliphatic heterocycles. The van der Waals surface area contributed by atoms with E-state index in [2.05, 4.69) is 66.4 Å². The van der Waals surface area contributed by atoms with Gasteiger partial charge in [0.15, 0.2) is 0 Å². The highest BCUT2D eigenvalue weighted by atomic mass is 16.7. The second-order valence-corrected chi connectivity index (χ2v) is 7.78. The van der Waals surface area contributed by atoms with Crippen molar-refractivity contribution in [3.63, 3.8) is 0 Å². The maximum atomic E-state index is 6.14. The quantitative estimate of drug-likeness (QED) is 0.738. The Kier molecular flexibility index (Phi) is 3.55. The summed E-state index contributed by atoms with van der Waals surface area (Å²) in [7, 11) is -0.394. The molecule has 0 N–H and O–H groups in total. The van der Waals surface area contributed by atoms with Gasteiger partial charge < -0.3 is 9.31 Å². The van der Waals surface area contributed by atoms with Crippen LogP contribution in [0.15, 0.2) is 12.3 Å². The number of hydrogen-bond acceptors (Lipinski definition) is 3. The van der Waals surface area contributed by atoms with Gasteiger partial charge in [-0.25, -0.2) is 0 Å². The Hall–Kier alpha value is -0.865. The maximum absolute atomic E-state index is 6.14. The Morgan fingerprint density at radius 1 is 1.05 bits per heavy atom. The summed E-state index contributed by atoms with van der Waals surface area (Å²) in [6, 6.07) is 2.19. The van der Waals surface area contributed by atoms with Gasteiger partial charge in [0, 0.05) is 6.20 Å². The molecule has 4 heteroatoms. The van der Waals surface area contributed by atoms with Gasteiger partial charge in [-0.05, 0) is 51.2 Å². The maximum Gasteiger partial charge on any atom is 0.514 e. The number of hydrogen-bond donors (Lipinski definition) is 0. The summed E-state index contributed by atoms with van der Waals surface area (Å²) in [5.74, 6) is 0. The van der Waals surface area contributed by atoms with Crippen molar-refractivity contribution in [2.45, 2.75) is 72.0 Å². The minimum Gasteiger partial charge on any atom is -0.398 e. The fourth-order valence-corrected chi connectivity index (χ4v) is 2.32. The van der Waals surface area contributed by atoms with Crippen molar-refractivity contribution >= 4 is 12.7 Å². The van der Waals surface area contributed by atoms with Crippen LogP contribution in [0, 0.1) is 6.92 Å². The molecular weight excluding hydrogens is 249 g/mol. The number of pyridine rings is 1. The Balaban J connectivity index is 2.46. The van der Waals surface area contributed by atoms with Gasteiger partial charge in [-0.3, -0.25) is 4.98 Å². The minimum absolute atomic E-state index is 0.0119. The topological polar surface area (TPSA) is 31.4 Å². The average Bonchev–Trinajstić information content (AvgIpc) is 2.46. The molecule has 0 bridgehead atoms. The van der Waals surface area contributed by atoms with Crippen LogP contribution < -0.4 is 5.59 Å². The van der Waals surface area contributed by atoms with Gasteiger partial charge in [0.1, 0.15) is 0 Å². The second kappa shape index (κ2) is 4.57. The third-order valence-corrected chi connectivity index (χ3v) is 4.34. The van der Waals surface area contributed by atoms with Crippen molar-refractivity contribution in [1.82, 2.24) is 4.98 Å². The van der Waals surface area contributed by atoms with Crippen molar-refractivity contribution in [1.29, 1.82) is 0 Å². The molecule has 1 fully saturated rings. The molecule has 1 aromatic rings. The van der Waals surface area contributed by atoms with E-state index in [4.69, 9.17) is 9.31 Å². The first-order chi connectivity index (χ1) is 8.94. The molecule has 110 valence electrons. The monoisotopic (exact) mass is 275 g/mol. The number of nitrogens with zero attached hydrogens (tertiary/aromatic N) is 1. The summed E-state index contributed by atoms with van der Waals surface area (Å²) in [5.41, 5.74) is 2.60. The van der Waals surface area contributed by atoms with Gasteiger partial charge >= 0.3 is 7.12 Å². The molecule has 0 atom stereocenters. The van der Waals surface area contributed by atoms with E-state index in [1.807, 2.05) is 6.20 Å². The van der Waals surface area contributed by atoms with E-state index in [0.717, 1.165) is 11.2 Å². The summed E-state index contributed by atoms with van der Waals surface area (Å²) >= 11 is 0. The SMILES string of the molecule is Cc1cnc(B2OC(C)(C)C(C)(C)O2)c(C(C)(C)C)c1. The molecule has 0 radical (unpaired) electrons. The Bertz CT molecular complexity index is 502. The molecule has 20 heavy (non-hydrogen) atoms. The number of rotatable bonds is 1. The molecule has 1 saturated heterocycles. The highest BCUT2D eigenvalue weighted by molar-refractivity contribution is 6.61. The number of aryl methyl sites for hydroxylation is 1.